The van der Waals surface area contributed by atoms with Crippen LogP contribution in [0.5, 0.6) is 0 Å². The van der Waals surface area contributed by atoms with Crippen molar-refractivity contribution in [3.8, 4) is 0 Å². The van der Waals surface area contributed by atoms with Crippen molar-refractivity contribution in [1.82, 2.24) is 4.90 Å². The number of rotatable bonds is 3. The Labute approximate surface area is 89.7 Å². The number of amides is 1. The Morgan fingerprint density at radius 1 is 1.47 bits per heavy atom. The maximum atomic E-state index is 13.5. The SMILES string of the molecule is CCCN(C)C(=O)c1ccc(C)cc1F. The lowest BCUT2D eigenvalue weighted by Crippen LogP contribution is -2.28. The average Bonchev–Trinajstić information content (AvgIpc) is 2.17. The molecule has 0 radical (unpaired) electrons. The summed E-state index contributed by atoms with van der Waals surface area (Å²) in [5, 5.41) is 0. The molecule has 0 aliphatic heterocycles. The van der Waals surface area contributed by atoms with Gasteiger partial charge in [0.05, 0.1) is 5.56 Å². The van der Waals surface area contributed by atoms with E-state index in [0.717, 1.165) is 12.0 Å². The Morgan fingerprint density at radius 2 is 2.13 bits per heavy atom. The number of hydrogen-bond acceptors (Lipinski definition) is 1. The van der Waals surface area contributed by atoms with E-state index in [1.807, 2.05) is 6.92 Å². The van der Waals surface area contributed by atoms with Gasteiger partial charge in [0.1, 0.15) is 5.82 Å². The summed E-state index contributed by atoms with van der Waals surface area (Å²) in [5.74, 6) is -0.697. The van der Waals surface area contributed by atoms with Gasteiger partial charge < -0.3 is 4.90 Å². The van der Waals surface area contributed by atoms with Crippen molar-refractivity contribution in [3.05, 3.63) is 35.1 Å². The summed E-state index contributed by atoms with van der Waals surface area (Å²) >= 11 is 0. The summed E-state index contributed by atoms with van der Waals surface area (Å²) in [5.41, 5.74) is 0.971. The maximum Gasteiger partial charge on any atom is 0.256 e. The van der Waals surface area contributed by atoms with Crippen molar-refractivity contribution in [2.75, 3.05) is 13.6 Å². The van der Waals surface area contributed by atoms with Gasteiger partial charge in [0.15, 0.2) is 0 Å². The largest absolute Gasteiger partial charge is 0.342 e. The monoisotopic (exact) mass is 209 g/mol. The zero-order valence-electron chi connectivity index (χ0n) is 9.38. The Bertz CT molecular complexity index is 363. The molecule has 0 N–H and O–H groups in total. The molecule has 0 aliphatic rings. The van der Waals surface area contributed by atoms with Crippen molar-refractivity contribution < 1.29 is 9.18 Å². The number of halogens is 1. The van der Waals surface area contributed by atoms with Crippen molar-refractivity contribution in [2.24, 2.45) is 0 Å². The normalized spacial score (nSPS) is 10.1. The van der Waals surface area contributed by atoms with Crippen LogP contribution in [0.25, 0.3) is 0 Å². The van der Waals surface area contributed by atoms with Crippen LogP contribution in [0.4, 0.5) is 4.39 Å². The molecule has 2 nitrogen and oxygen atoms in total. The van der Waals surface area contributed by atoms with Gasteiger partial charge in [-0.25, -0.2) is 4.39 Å². The summed E-state index contributed by atoms with van der Waals surface area (Å²) in [4.78, 5) is 13.3. The van der Waals surface area contributed by atoms with Crippen LogP contribution in [0.1, 0.15) is 29.3 Å². The van der Waals surface area contributed by atoms with Crippen molar-refractivity contribution in [2.45, 2.75) is 20.3 Å². The average molecular weight is 209 g/mol. The molecule has 1 amide bonds. The van der Waals surface area contributed by atoms with Gasteiger partial charge in [-0.2, -0.15) is 0 Å². The Balaban J connectivity index is 2.91. The minimum absolute atomic E-state index is 0.150. The first-order valence-corrected chi connectivity index (χ1v) is 5.08. The number of carbonyl (C=O) groups excluding carboxylic acids is 1. The van der Waals surface area contributed by atoms with Gasteiger partial charge in [0.25, 0.3) is 5.91 Å². The first kappa shape index (κ1) is 11.7. The van der Waals surface area contributed by atoms with E-state index in [2.05, 4.69) is 0 Å². The minimum Gasteiger partial charge on any atom is -0.342 e. The molecule has 0 saturated carbocycles. The molecule has 15 heavy (non-hydrogen) atoms. The Kier molecular flexibility index (Phi) is 3.83. The molecule has 0 aliphatic carbocycles. The zero-order valence-corrected chi connectivity index (χ0v) is 9.38. The van der Waals surface area contributed by atoms with E-state index >= 15 is 0 Å². The van der Waals surface area contributed by atoms with Crippen LogP contribution in [0.15, 0.2) is 18.2 Å². The summed E-state index contributed by atoms with van der Waals surface area (Å²) in [7, 11) is 1.69. The van der Waals surface area contributed by atoms with Gasteiger partial charge in [0.2, 0.25) is 0 Å². The second kappa shape index (κ2) is 4.91. The number of nitrogens with zero attached hydrogens (tertiary/aromatic N) is 1. The van der Waals surface area contributed by atoms with Crippen LogP contribution in [0, 0.1) is 12.7 Å². The fraction of sp³-hybridized carbons (Fsp3) is 0.417. The lowest BCUT2D eigenvalue weighted by Gasteiger charge is -2.16. The first-order valence-electron chi connectivity index (χ1n) is 5.08. The fourth-order valence-corrected chi connectivity index (χ4v) is 1.44. The molecule has 0 atom stereocenters. The van der Waals surface area contributed by atoms with Gasteiger partial charge in [-0.1, -0.05) is 13.0 Å². The van der Waals surface area contributed by atoms with Crippen molar-refractivity contribution in [3.63, 3.8) is 0 Å². The minimum atomic E-state index is -0.442. The van der Waals surface area contributed by atoms with Crippen molar-refractivity contribution in [1.29, 1.82) is 0 Å². The third-order valence-corrected chi connectivity index (χ3v) is 2.26. The lowest BCUT2D eigenvalue weighted by molar-refractivity contribution is 0.0790. The molecule has 1 aromatic carbocycles. The van der Waals surface area contributed by atoms with Crippen LogP contribution in [0.3, 0.4) is 0 Å². The zero-order chi connectivity index (χ0) is 11.4. The quantitative estimate of drug-likeness (QED) is 0.749. The smallest absolute Gasteiger partial charge is 0.256 e. The Hall–Kier alpha value is -1.38. The first-order chi connectivity index (χ1) is 7.06. The molecule has 0 unspecified atom stereocenters. The molecular weight excluding hydrogens is 193 g/mol. The second-order valence-electron chi connectivity index (χ2n) is 3.71. The maximum absolute atomic E-state index is 13.5. The molecule has 1 aromatic rings. The summed E-state index contributed by atoms with van der Waals surface area (Å²) in [6.07, 6.45) is 0.871. The number of hydrogen-bond donors (Lipinski definition) is 0. The van der Waals surface area contributed by atoms with Gasteiger partial charge in [-0.15, -0.1) is 0 Å². The van der Waals surface area contributed by atoms with Crippen LogP contribution in [-0.4, -0.2) is 24.4 Å². The summed E-state index contributed by atoms with van der Waals surface area (Å²) < 4.78 is 13.5. The van der Waals surface area contributed by atoms with Gasteiger partial charge in [-0.05, 0) is 31.0 Å². The van der Waals surface area contributed by atoms with Gasteiger partial charge in [0, 0.05) is 13.6 Å². The molecule has 0 aromatic heterocycles. The Morgan fingerprint density at radius 3 is 2.67 bits per heavy atom. The molecule has 0 saturated heterocycles. The van der Waals surface area contributed by atoms with Gasteiger partial charge >= 0.3 is 0 Å². The molecule has 0 heterocycles. The number of carbonyl (C=O) groups is 1. The van der Waals surface area contributed by atoms with Crippen LogP contribution < -0.4 is 0 Å². The molecule has 1 rings (SSSR count). The predicted octanol–water partition coefficient (Wildman–Crippen LogP) is 2.62. The predicted molar refractivity (Wildman–Crippen MR) is 58.4 cm³/mol. The molecule has 82 valence electrons. The fourth-order valence-electron chi connectivity index (χ4n) is 1.44. The summed E-state index contributed by atoms with van der Waals surface area (Å²) in [6.45, 7) is 4.43. The number of aryl methyl sites for hydroxylation is 1. The molecule has 0 spiro atoms. The number of benzene rings is 1. The van der Waals surface area contributed by atoms with Crippen LogP contribution in [-0.2, 0) is 0 Å². The highest BCUT2D eigenvalue weighted by molar-refractivity contribution is 5.94. The van der Waals surface area contributed by atoms with E-state index in [-0.39, 0.29) is 11.5 Å². The topological polar surface area (TPSA) is 20.3 Å². The second-order valence-corrected chi connectivity index (χ2v) is 3.71. The van der Waals surface area contributed by atoms with E-state index in [0.29, 0.717) is 6.54 Å². The molecule has 0 fully saturated rings. The highest BCUT2D eigenvalue weighted by Gasteiger charge is 2.14. The van der Waals surface area contributed by atoms with Gasteiger partial charge in [-0.3, -0.25) is 4.79 Å². The third kappa shape index (κ3) is 2.78. The molecule has 3 heteroatoms. The van der Waals surface area contributed by atoms with Crippen LogP contribution in [0.2, 0.25) is 0 Å². The third-order valence-electron chi connectivity index (χ3n) is 2.26. The lowest BCUT2D eigenvalue weighted by atomic mass is 10.1. The van der Waals surface area contributed by atoms with Crippen LogP contribution >= 0.6 is 0 Å². The summed E-state index contributed by atoms with van der Waals surface area (Å²) in [6, 6.07) is 4.67. The standard InChI is InChI=1S/C12H16FNO/c1-4-7-14(3)12(15)10-6-5-9(2)8-11(10)13/h5-6,8H,4,7H2,1-3H3. The molecule has 0 bridgehead atoms. The van der Waals surface area contributed by atoms with E-state index in [1.54, 1.807) is 26.1 Å². The van der Waals surface area contributed by atoms with E-state index in [9.17, 15) is 9.18 Å². The van der Waals surface area contributed by atoms with E-state index in [4.69, 9.17) is 0 Å². The highest BCUT2D eigenvalue weighted by Crippen LogP contribution is 2.12. The highest BCUT2D eigenvalue weighted by atomic mass is 19.1. The van der Waals surface area contributed by atoms with E-state index in [1.165, 1.54) is 11.0 Å². The molecular formula is C12H16FNO. The van der Waals surface area contributed by atoms with Crippen molar-refractivity contribution >= 4 is 5.91 Å². The van der Waals surface area contributed by atoms with E-state index < -0.39 is 5.82 Å².